The molecule has 0 rings (SSSR count). The summed E-state index contributed by atoms with van der Waals surface area (Å²) in [6.07, 6.45) is 1.52. The molecule has 15 heavy (non-hydrogen) atoms. The molecule has 0 aliphatic carbocycles. The van der Waals surface area contributed by atoms with Crippen molar-refractivity contribution in [1.29, 1.82) is 0 Å². The largest absolute Gasteiger partial charge is 0.480 e. The topological polar surface area (TPSA) is 66.4 Å². The van der Waals surface area contributed by atoms with Gasteiger partial charge in [0.1, 0.15) is 5.54 Å². The zero-order valence-electron chi connectivity index (χ0n) is 9.96. The molecule has 0 aromatic heterocycles. The van der Waals surface area contributed by atoms with Gasteiger partial charge in [0, 0.05) is 5.92 Å². The maximum Gasteiger partial charge on any atom is 0.329 e. The Kier molecular flexibility index (Phi) is 5.33. The summed E-state index contributed by atoms with van der Waals surface area (Å²) in [6, 6.07) is 0. The zero-order valence-corrected chi connectivity index (χ0v) is 9.96. The second-order valence-corrected chi connectivity index (χ2v) is 3.89. The number of carboxylic acids is 1. The summed E-state index contributed by atoms with van der Waals surface area (Å²) in [7, 11) is 0. The molecule has 0 aliphatic rings. The molecule has 0 spiro atoms. The Hall–Kier alpha value is -1.06. The van der Waals surface area contributed by atoms with Gasteiger partial charge < -0.3 is 10.4 Å². The van der Waals surface area contributed by atoms with Gasteiger partial charge in [0.2, 0.25) is 5.91 Å². The number of hydrogen-bond acceptors (Lipinski definition) is 2. The lowest BCUT2D eigenvalue weighted by molar-refractivity contribution is -0.148. The van der Waals surface area contributed by atoms with E-state index in [1.807, 2.05) is 6.92 Å². The minimum absolute atomic E-state index is 0.137. The molecular formula is C11H21NO3. The number of carbonyl (C=O) groups excluding carboxylic acids is 1. The molecule has 0 aromatic carbocycles. The van der Waals surface area contributed by atoms with Crippen LogP contribution in [0.15, 0.2) is 0 Å². The first kappa shape index (κ1) is 13.9. The van der Waals surface area contributed by atoms with Crippen LogP contribution in [0.1, 0.15) is 47.0 Å². The summed E-state index contributed by atoms with van der Waals surface area (Å²) in [5.74, 6) is -1.27. The lowest BCUT2D eigenvalue weighted by Crippen LogP contribution is -2.54. The van der Waals surface area contributed by atoms with E-state index in [4.69, 9.17) is 5.11 Å². The Labute approximate surface area is 91.1 Å². The van der Waals surface area contributed by atoms with Crippen LogP contribution in [0.2, 0.25) is 0 Å². The highest BCUT2D eigenvalue weighted by Gasteiger charge is 2.36. The summed E-state index contributed by atoms with van der Waals surface area (Å²) >= 11 is 0. The molecule has 1 atom stereocenters. The number of nitrogens with one attached hydrogen (secondary N) is 1. The number of amides is 1. The molecule has 4 heteroatoms. The molecule has 0 bridgehead atoms. The molecule has 1 amide bonds. The van der Waals surface area contributed by atoms with Crippen molar-refractivity contribution < 1.29 is 14.7 Å². The van der Waals surface area contributed by atoms with Crippen LogP contribution in [-0.2, 0) is 9.59 Å². The first-order chi connectivity index (χ1) is 6.93. The predicted octanol–water partition coefficient (Wildman–Crippen LogP) is 1.79. The Morgan fingerprint density at radius 2 is 1.73 bits per heavy atom. The second-order valence-electron chi connectivity index (χ2n) is 3.89. The fourth-order valence-corrected chi connectivity index (χ4v) is 1.33. The Bertz CT molecular complexity index is 234. The van der Waals surface area contributed by atoms with Gasteiger partial charge in [-0.1, -0.05) is 27.7 Å². The maximum absolute atomic E-state index is 11.6. The molecule has 88 valence electrons. The molecule has 0 aliphatic heterocycles. The van der Waals surface area contributed by atoms with E-state index in [-0.39, 0.29) is 11.8 Å². The first-order valence-corrected chi connectivity index (χ1v) is 5.48. The number of aliphatic carboxylic acids is 1. The summed E-state index contributed by atoms with van der Waals surface area (Å²) in [5, 5.41) is 11.8. The van der Waals surface area contributed by atoms with Gasteiger partial charge in [-0.05, 0) is 19.3 Å². The number of carboxylic acid groups (broad SMARTS) is 1. The highest BCUT2D eigenvalue weighted by Crippen LogP contribution is 2.16. The zero-order chi connectivity index (χ0) is 12.1. The smallest absolute Gasteiger partial charge is 0.329 e. The van der Waals surface area contributed by atoms with Crippen LogP contribution in [-0.4, -0.2) is 22.5 Å². The quantitative estimate of drug-likeness (QED) is 0.710. The molecule has 0 aromatic rings. The van der Waals surface area contributed by atoms with Gasteiger partial charge in [-0.2, -0.15) is 0 Å². The van der Waals surface area contributed by atoms with Crippen LogP contribution < -0.4 is 5.32 Å². The third-order valence-electron chi connectivity index (χ3n) is 3.04. The molecule has 0 saturated carbocycles. The summed E-state index contributed by atoms with van der Waals surface area (Å²) in [4.78, 5) is 22.8. The van der Waals surface area contributed by atoms with Crippen molar-refractivity contribution in [3.63, 3.8) is 0 Å². The number of rotatable bonds is 6. The molecular weight excluding hydrogens is 194 g/mol. The highest BCUT2D eigenvalue weighted by molar-refractivity contribution is 5.87. The van der Waals surface area contributed by atoms with Crippen molar-refractivity contribution in [3.8, 4) is 0 Å². The predicted molar refractivity (Wildman–Crippen MR) is 58.5 cm³/mol. The van der Waals surface area contributed by atoms with Crippen molar-refractivity contribution >= 4 is 11.9 Å². The SMILES string of the molecule is CCC(C)C(=O)NC(CC)(CC)C(=O)O. The highest BCUT2D eigenvalue weighted by atomic mass is 16.4. The van der Waals surface area contributed by atoms with Gasteiger partial charge in [-0.3, -0.25) is 4.79 Å². The average molecular weight is 215 g/mol. The van der Waals surface area contributed by atoms with Crippen LogP contribution in [0.3, 0.4) is 0 Å². The summed E-state index contributed by atoms with van der Waals surface area (Å²) < 4.78 is 0. The minimum Gasteiger partial charge on any atom is -0.480 e. The molecule has 1 unspecified atom stereocenters. The first-order valence-electron chi connectivity index (χ1n) is 5.48. The molecule has 2 N–H and O–H groups in total. The average Bonchev–Trinajstić information content (AvgIpc) is 2.24. The Morgan fingerprint density at radius 1 is 1.27 bits per heavy atom. The van der Waals surface area contributed by atoms with Crippen LogP contribution in [0.4, 0.5) is 0 Å². The monoisotopic (exact) mass is 215 g/mol. The fraction of sp³-hybridized carbons (Fsp3) is 0.818. The Balaban J connectivity index is 4.69. The van der Waals surface area contributed by atoms with Crippen molar-refractivity contribution in [1.82, 2.24) is 5.32 Å². The minimum atomic E-state index is -1.10. The third kappa shape index (κ3) is 3.22. The van der Waals surface area contributed by atoms with E-state index in [9.17, 15) is 9.59 Å². The molecule has 0 fully saturated rings. The molecule has 4 nitrogen and oxygen atoms in total. The number of hydrogen-bond donors (Lipinski definition) is 2. The van der Waals surface area contributed by atoms with Gasteiger partial charge in [0.15, 0.2) is 0 Å². The van der Waals surface area contributed by atoms with E-state index in [0.29, 0.717) is 12.8 Å². The van der Waals surface area contributed by atoms with Crippen molar-refractivity contribution in [2.45, 2.75) is 52.5 Å². The van der Waals surface area contributed by atoms with Gasteiger partial charge in [0.25, 0.3) is 0 Å². The van der Waals surface area contributed by atoms with Crippen molar-refractivity contribution in [3.05, 3.63) is 0 Å². The van der Waals surface area contributed by atoms with E-state index in [1.165, 1.54) is 0 Å². The third-order valence-corrected chi connectivity index (χ3v) is 3.04. The summed E-state index contributed by atoms with van der Waals surface area (Å²) in [6.45, 7) is 7.25. The van der Waals surface area contributed by atoms with E-state index in [2.05, 4.69) is 5.32 Å². The Morgan fingerprint density at radius 3 is 2.00 bits per heavy atom. The lowest BCUT2D eigenvalue weighted by Gasteiger charge is -2.29. The normalized spacial score (nSPS) is 13.3. The van der Waals surface area contributed by atoms with Crippen LogP contribution in [0.25, 0.3) is 0 Å². The molecule has 0 saturated heterocycles. The number of carbonyl (C=O) groups is 2. The van der Waals surface area contributed by atoms with E-state index in [0.717, 1.165) is 6.42 Å². The van der Waals surface area contributed by atoms with Crippen molar-refractivity contribution in [2.75, 3.05) is 0 Å². The lowest BCUT2D eigenvalue weighted by atomic mass is 9.92. The van der Waals surface area contributed by atoms with Crippen LogP contribution >= 0.6 is 0 Å². The van der Waals surface area contributed by atoms with E-state index in [1.54, 1.807) is 20.8 Å². The molecule has 0 heterocycles. The fourth-order valence-electron chi connectivity index (χ4n) is 1.33. The standard InChI is InChI=1S/C11H21NO3/c1-5-8(4)9(13)12-11(6-2,7-3)10(14)15/h8H,5-7H2,1-4H3,(H,12,13)(H,14,15). The van der Waals surface area contributed by atoms with Crippen molar-refractivity contribution in [2.24, 2.45) is 5.92 Å². The van der Waals surface area contributed by atoms with E-state index < -0.39 is 11.5 Å². The van der Waals surface area contributed by atoms with Gasteiger partial charge >= 0.3 is 5.97 Å². The van der Waals surface area contributed by atoms with Crippen LogP contribution in [0, 0.1) is 5.92 Å². The molecule has 0 radical (unpaired) electrons. The van der Waals surface area contributed by atoms with E-state index >= 15 is 0 Å². The van der Waals surface area contributed by atoms with Crippen LogP contribution in [0.5, 0.6) is 0 Å². The maximum atomic E-state index is 11.6. The summed E-state index contributed by atoms with van der Waals surface area (Å²) in [5.41, 5.74) is -1.10. The van der Waals surface area contributed by atoms with Gasteiger partial charge in [-0.25, -0.2) is 4.79 Å². The second kappa shape index (κ2) is 5.73. The van der Waals surface area contributed by atoms with Gasteiger partial charge in [0.05, 0.1) is 0 Å². The van der Waals surface area contributed by atoms with Gasteiger partial charge in [-0.15, -0.1) is 0 Å².